The molecule has 0 unspecified atom stereocenters. The summed E-state index contributed by atoms with van der Waals surface area (Å²) in [5.74, 6) is 0.424. The van der Waals surface area contributed by atoms with E-state index in [0.29, 0.717) is 27.6 Å². The van der Waals surface area contributed by atoms with E-state index in [4.69, 9.17) is 5.10 Å². The number of sulfonamides is 1. The van der Waals surface area contributed by atoms with Gasteiger partial charge in [0.15, 0.2) is 5.17 Å². The molecule has 1 fully saturated rings. The third-order valence-electron chi connectivity index (χ3n) is 6.60. The highest BCUT2D eigenvalue weighted by atomic mass is 32.2. The molecular weight excluding hydrogens is 506 g/mol. The van der Waals surface area contributed by atoms with E-state index < -0.39 is 10.0 Å². The minimum atomic E-state index is -3.62. The number of carbonyl (C=O) groups excluding carboxylic acids is 1. The van der Waals surface area contributed by atoms with Crippen LogP contribution in [0, 0.1) is 5.92 Å². The first-order valence-electron chi connectivity index (χ1n) is 12.2. The van der Waals surface area contributed by atoms with Gasteiger partial charge in [0.1, 0.15) is 5.69 Å². The van der Waals surface area contributed by atoms with E-state index in [1.54, 1.807) is 22.9 Å². The maximum Gasteiger partial charge on any atom is 0.286 e. The molecule has 192 valence electrons. The molecule has 0 saturated carbocycles. The van der Waals surface area contributed by atoms with E-state index in [9.17, 15) is 13.2 Å². The Morgan fingerprint density at radius 2 is 1.78 bits per heavy atom. The summed E-state index contributed by atoms with van der Waals surface area (Å²) >= 11 is 1.39. The number of para-hydroxylation sites is 1. The van der Waals surface area contributed by atoms with Crippen LogP contribution in [0.4, 0.5) is 0 Å². The molecule has 0 aliphatic carbocycles. The highest BCUT2D eigenvalue weighted by Crippen LogP contribution is 2.35. The van der Waals surface area contributed by atoms with Crippen LogP contribution in [0.5, 0.6) is 0 Å². The molecule has 0 radical (unpaired) electrons. The number of aromatic nitrogens is 2. The molecule has 0 bridgehead atoms. The lowest BCUT2D eigenvalue weighted by atomic mass is 10.00. The van der Waals surface area contributed by atoms with E-state index in [1.807, 2.05) is 48.7 Å². The summed E-state index contributed by atoms with van der Waals surface area (Å²) in [4.78, 5) is 20.1. The molecule has 0 spiro atoms. The van der Waals surface area contributed by atoms with Gasteiger partial charge in [-0.25, -0.2) is 17.4 Å². The summed E-state index contributed by atoms with van der Waals surface area (Å²) in [6, 6.07) is 16.4. The molecule has 5 rings (SSSR count). The van der Waals surface area contributed by atoms with Crippen molar-refractivity contribution < 1.29 is 13.2 Å². The van der Waals surface area contributed by atoms with Crippen LogP contribution < -0.4 is 0 Å². The Kier molecular flexibility index (Phi) is 7.06. The average Bonchev–Trinajstić information content (AvgIpc) is 3.49. The van der Waals surface area contributed by atoms with Gasteiger partial charge in [0.2, 0.25) is 10.0 Å². The van der Waals surface area contributed by atoms with E-state index >= 15 is 0 Å². The summed E-state index contributed by atoms with van der Waals surface area (Å²) in [7, 11) is -0.608. The number of carbonyl (C=O) groups is 1. The summed E-state index contributed by atoms with van der Waals surface area (Å²) in [5.41, 5.74) is 2.80. The van der Waals surface area contributed by atoms with Gasteiger partial charge in [-0.2, -0.15) is 10.1 Å². The number of hydrogen-bond donors (Lipinski definition) is 0. The van der Waals surface area contributed by atoms with Gasteiger partial charge in [-0.15, -0.1) is 0 Å². The van der Waals surface area contributed by atoms with Crippen LogP contribution in [0.25, 0.3) is 23.0 Å². The van der Waals surface area contributed by atoms with Gasteiger partial charge in [0.05, 0.1) is 15.5 Å². The van der Waals surface area contributed by atoms with E-state index in [1.165, 1.54) is 30.2 Å². The van der Waals surface area contributed by atoms with Crippen LogP contribution in [0.2, 0.25) is 0 Å². The molecule has 8 nitrogen and oxygen atoms in total. The quantitative estimate of drug-likeness (QED) is 0.448. The average molecular weight is 536 g/mol. The molecule has 10 heteroatoms. The van der Waals surface area contributed by atoms with Crippen molar-refractivity contribution in [3.8, 4) is 16.9 Å². The van der Waals surface area contributed by atoms with Gasteiger partial charge >= 0.3 is 0 Å². The molecular formula is C27H29N5O3S2. The predicted molar refractivity (Wildman–Crippen MR) is 148 cm³/mol. The summed E-state index contributed by atoms with van der Waals surface area (Å²) < 4.78 is 28.5. The smallest absolute Gasteiger partial charge is 0.286 e. The fourth-order valence-corrected chi connectivity index (χ4v) is 6.22. The van der Waals surface area contributed by atoms with Gasteiger partial charge in [-0.05, 0) is 60.9 Å². The number of aliphatic imine (C=N–C) groups is 1. The van der Waals surface area contributed by atoms with Gasteiger partial charge < -0.3 is 4.90 Å². The Labute approximate surface area is 221 Å². The highest BCUT2D eigenvalue weighted by Gasteiger charge is 2.29. The molecule has 0 N–H and O–H groups in total. The second-order valence-electron chi connectivity index (χ2n) is 9.51. The van der Waals surface area contributed by atoms with Crippen molar-refractivity contribution >= 4 is 38.9 Å². The lowest BCUT2D eigenvalue weighted by Crippen LogP contribution is -2.35. The number of piperidine rings is 1. The normalized spacial score (nSPS) is 18.2. The Morgan fingerprint density at radius 1 is 1.05 bits per heavy atom. The molecule has 1 amide bonds. The number of rotatable bonds is 5. The van der Waals surface area contributed by atoms with Gasteiger partial charge in [0, 0.05) is 44.5 Å². The fourth-order valence-electron chi connectivity index (χ4n) is 4.32. The third-order valence-corrected chi connectivity index (χ3v) is 9.45. The van der Waals surface area contributed by atoms with Crippen molar-refractivity contribution in [3.63, 3.8) is 0 Å². The fraction of sp³-hybridized carbons (Fsp3) is 0.296. The van der Waals surface area contributed by atoms with E-state index in [-0.39, 0.29) is 10.8 Å². The molecule has 2 aromatic carbocycles. The summed E-state index contributed by atoms with van der Waals surface area (Å²) in [5, 5.41) is 5.55. The topological polar surface area (TPSA) is 87.9 Å². The zero-order valence-corrected chi connectivity index (χ0v) is 22.7. The molecule has 3 aromatic rings. The van der Waals surface area contributed by atoms with Crippen molar-refractivity contribution in [2.24, 2.45) is 10.9 Å². The number of nitrogens with zero attached hydrogens (tertiary/aromatic N) is 5. The van der Waals surface area contributed by atoms with Crippen molar-refractivity contribution in [2.45, 2.75) is 24.7 Å². The number of hydrogen-bond acceptors (Lipinski definition) is 6. The Balaban J connectivity index is 1.54. The van der Waals surface area contributed by atoms with Crippen LogP contribution in [-0.2, 0) is 14.8 Å². The number of benzene rings is 2. The van der Waals surface area contributed by atoms with Gasteiger partial charge in [-0.3, -0.25) is 4.79 Å². The summed E-state index contributed by atoms with van der Waals surface area (Å²) in [6.07, 6.45) is 5.85. The van der Waals surface area contributed by atoms with Crippen LogP contribution in [0.1, 0.15) is 25.3 Å². The van der Waals surface area contributed by atoms with Crippen LogP contribution in [0.15, 0.2) is 75.6 Å². The zero-order valence-electron chi connectivity index (χ0n) is 21.0. The monoisotopic (exact) mass is 535 g/mol. The first kappa shape index (κ1) is 25.4. The molecule has 0 atom stereocenters. The number of likely N-dealkylation sites (tertiary alicyclic amines) is 1. The molecule has 2 aliphatic rings. The largest absolute Gasteiger partial charge is 0.351 e. The SMILES string of the molecule is CC1CCN(C2=NC(=O)/C(=C\c3cn(-c4ccccc4)nc3-c3cccc(S(=O)(=O)N(C)C)c3)S2)CC1. The number of thioether (sulfide) groups is 1. The van der Waals surface area contributed by atoms with Crippen molar-refractivity contribution in [1.82, 2.24) is 19.0 Å². The third kappa shape index (κ3) is 5.27. The minimum absolute atomic E-state index is 0.180. The predicted octanol–water partition coefficient (Wildman–Crippen LogP) is 4.49. The Hall–Kier alpha value is -3.21. The Morgan fingerprint density at radius 3 is 2.49 bits per heavy atom. The van der Waals surface area contributed by atoms with Crippen molar-refractivity contribution in [3.05, 3.63) is 71.3 Å². The van der Waals surface area contributed by atoms with E-state index in [2.05, 4.69) is 16.8 Å². The molecule has 2 aliphatic heterocycles. The van der Waals surface area contributed by atoms with Gasteiger partial charge in [-0.1, -0.05) is 37.3 Å². The van der Waals surface area contributed by atoms with Crippen LogP contribution >= 0.6 is 11.8 Å². The maximum absolute atomic E-state index is 12.9. The van der Waals surface area contributed by atoms with Crippen LogP contribution in [-0.4, -0.2) is 65.7 Å². The van der Waals surface area contributed by atoms with Crippen molar-refractivity contribution in [1.29, 1.82) is 0 Å². The molecule has 1 aromatic heterocycles. The maximum atomic E-state index is 12.9. The number of amidine groups is 1. The second kappa shape index (κ2) is 10.3. The van der Waals surface area contributed by atoms with Gasteiger partial charge in [0.25, 0.3) is 5.91 Å². The Bertz CT molecular complexity index is 1490. The molecule has 3 heterocycles. The van der Waals surface area contributed by atoms with E-state index in [0.717, 1.165) is 36.8 Å². The summed E-state index contributed by atoms with van der Waals surface area (Å²) in [6.45, 7) is 4.05. The lowest BCUT2D eigenvalue weighted by molar-refractivity contribution is -0.113. The first-order chi connectivity index (χ1) is 17.7. The zero-order chi connectivity index (χ0) is 26.2. The minimum Gasteiger partial charge on any atom is -0.351 e. The first-order valence-corrected chi connectivity index (χ1v) is 14.4. The standard InChI is InChI=1S/C27H29N5O3S2/c1-19-12-14-31(15-13-19)27-28-26(33)24(36-27)17-21-18-32(22-9-5-4-6-10-22)29-25(21)20-8-7-11-23(16-20)37(34,35)30(2)3/h4-11,16-19H,12-15H2,1-3H3/b24-17+. The lowest BCUT2D eigenvalue weighted by Gasteiger charge is -2.30. The molecule has 1 saturated heterocycles. The van der Waals surface area contributed by atoms with Crippen molar-refractivity contribution in [2.75, 3.05) is 27.2 Å². The molecule has 37 heavy (non-hydrogen) atoms. The number of amides is 1. The van der Waals surface area contributed by atoms with Crippen LogP contribution in [0.3, 0.4) is 0 Å². The second-order valence-corrected chi connectivity index (χ2v) is 12.7. The highest BCUT2D eigenvalue weighted by molar-refractivity contribution is 8.18.